The third-order valence-corrected chi connectivity index (χ3v) is 4.53. The van der Waals surface area contributed by atoms with Gasteiger partial charge in [-0.2, -0.15) is 0 Å². The van der Waals surface area contributed by atoms with Gasteiger partial charge in [-0.15, -0.1) is 11.3 Å². The Bertz CT molecular complexity index is 600. The van der Waals surface area contributed by atoms with Gasteiger partial charge in [-0.3, -0.25) is 4.90 Å². The van der Waals surface area contributed by atoms with Crippen LogP contribution in [0.4, 0.5) is 0 Å². The SMILES string of the molecule is COc1ccc(OCc2nc(CN3CC[C@H](O)C3)cs2)cc1. The van der Waals surface area contributed by atoms with Crippen molar-refractivity contribution in [1.82, 2.24) is 9.88 Å². The molecular formula is C16H20N2O3S. The summed E-state index contributed by atoms with van der Waals surface area (Å²) < 4.78 is 10.8. The molecule has 0 aliphatic carbocycles. The number of aromatic nitrogens is 1. The average Bonchev–Trinajstić information content (AvgIpc) is 3.15. The standard InChI is InChI=1S/C16H20N2O3S/c1-20-14-2-4-15(5-3-14)21-10-16-17-12(11-22-16)8-18-7-6-13(19)9-18/h2-5,11,13,19H,6-10H2,1H3/t13-/m0/s1. The molecule has 2 heterocycles. The van der Waals surface area contributed by atoms with Crippen molar-refractivity contribution >= 4 is 11.3 Å². The number of hydrogen-bond acceptors (Lipinski definition) is 6. The molecule has 1 aliphatic heterocycles. The van der Waals surface area contributed by atoms with Crippen molar-refractivity contribution in [3.63, 3.8) is 0 Å². The summed E-state index contributed by atoms with van der Waals surface area (Å²) in [5.41, 5.74) is 1.05. The van der Waals surface area contributed by atoms with Gasteiger partial charge in [0.05, 0.1) is 18.9 Å². The Kier molecular flexibility index (Phi) is 4.92. The molecule has 22 heavy (non-hydrogen) atoms. The lowest BCUT2D eigenvalue weighted by Gasteiger charge is -2.12. The van der Waals surface area contributed by atoms with Crippen molar-refractivity contribution in [2.45, 2.75) is 25.7 Å². The minimum Gasteiger partial charge on any atom is -0.497 e. The predicted molar refractivity (Wildman–Crippen MR) is 85.3 cm³/mol. The van der Waals surface area contributed by atoms with Crippen LogP contribution in [-0.2, 0) is 13.2 Å². The van der Waals surface area contributed by atoms with E-state index in [9.17, 15) is 5.11 Å². The Balaban J connectivity index is 1.50. The molecule has 0 saturated carbocycles. The number of β-amino-alcohol motifs (C(OH)–C–C–N with tert-alkyl or cyclic N) is 1. The topological polar surface area (TPSA) is 54.8 Å². The van der Waals surface area contributed by atoms with E-state index in [0.29, 0.717) is 6.61 Å². The van der Waals surface area contributed by atoms with E-state index < -0.39 is 0 Å². The number of nitrogens with zero attached hydrogens (tertiary/aromatic N) is 2. The van der Waals surface area contributed by atoms with Crippen LogP contribution in [-0.4, -0.2) is 41.3 Å². The first-order chi connectivity index (χ1) is 10.7. The summed E-state index contributed by atoms with van der Waals surface area (Å²) in [5.74, 6) is 1.62. The van der Waals surface area contributed by atoms with E-state index in [2.05, 4.69) is 15.3 Å². The van der Waals surface area contributed by atoms with Crippen molar-refractivity contribution in [3.05, 3.63) is 40.3 Å². The molecule has 1 aromatic heterocycles. The van der Waals surface area contributed by atoms with Crippen LogP contribution in [0, 0.1) is 0 Å². The molecule has 1 aromatic carbocycles. The van der Waals surface area contributed by atoms with Gasteiger partial charge in [0.15, 0.2) is 0 Å². The number of benzene rings is 1. The molecule has 118 valence electrons. The van der Waals surface area contributed by atoms with Gasteiger partial charge in [-0.1, -0.05) is 0 Å². The fourth-order valence-corrected chi connectivity index (χ4v) is 3.19. The van der Waals surface area contributed by atoms with E-state index in [1.165, 1.54) is 0 Å². The molecule has 0 spiro atoms. The van der Waals surface area contributed by atoms with Crippen LogP contribution in [0.3, 0.4) is 0 Å². The average molecular weight is 320 g/mol. The first kappa shape index (κ1) is 15.3. The van der Waals surface area contributed by atoms with Crippen LogP contribution in [0.15, 0.2) is 29.6 Å². The van der Waals surface area contributed by atoms with E-state index in [-0.39, 0.29) is 6.10 Å². The fourth-order valence-electron chi connectivity index (χ4n) is 2.49. The van der Waals surface area contributed by atoms with Crippen molar-refractivity contribution in [1.29, 1.82) is 0 Å². The van der Waals surface area contributed by atoms with Crippen molar-refractivity contribution in [3.8, 4) is 11.5 Å². The van der Waals surface area contributed by atoms with Crippen LogP contribution < -0.4 is 9.47 Å². The molecule has 1 N–H and O–H groups in total. The van der Waals surface area contributed by atoms with Crippen molar-refractivity contribution in [2.24, 2.45) is 0 Å². The Morgan fingerprint density at radius 2 is 2.09 bits per heavy atom. The van der Waals surface area contributed by atoms with E-state index >= 15 is 0 Å². The van der Waals surface area contributed by atoms with E-state index in [1.54, 1.807) is 18.4 Å². The smallest absolute Gasteiger partial charge is 0.140 e. The second-order valence-electron chi connectivity index (χ2n) is 5.37. The largest absolute Gasteiger partial charge is 0.497 e. The lowest BCUT2D eigenvalue weighted by atomic mass is 10.3. The molecule has 1 saturated heterocycles. The van der Waals surface area contributed by atoms with Gasteiger partial charge in [-0.05, 0) is 30.7 Å². The molecule has 5 nitrogen and oxygen atoms in total. The highest BCUT2D eigenvalue weighted by Gasteiger charge is 2.20. The van der Waals surface area contributed by atoms with Crippen LogP contribution >= 0.6 is 11.3 Å². The highest BCUT2D eigenvalue weighted by Crippen LogP contribution is 2.20. The number of methoxy groups -OCH3 is 1. The number of thiazole rings is 1. The second-order valence-corrected chi connectivity index (χ2v) is 6.32. The quantitative estimate of drug-likeness (QED) is 0.885. The number of ether oxygens (including phenoxy) is 2. The monoisotopic (exact) mass is 320 g/mol. The molecule has 2 aromatic rings. The van der Waals surface area contributed by atoms with Gasteiger partial charge < -0.3 is 14.6 Å². The summed E-state index contributed by atoms with van der Waals surface area (Å²) in [6, 6.07) is 7.53. The van der Waals surface area contributed by atoms with Gasteiger partial charge in [0, 0.05) is 25.0 Å². The summed E-state index contributed by atoms with van der Waals surface area (Å²) in [6.07, 6.45) is 0.675. The van der Waals surface area contributed by atoms with Crippen molar-refractivity contribution in [2.75, 3.05) is 20.2 Å². The number of hydrogen-bond donors (Lipinski definition) is 1. The Morgan fingerprint density at radius 1 is 1.32 bits per heavy atom. The van der Waals surface area contributed by atoms with E-state index in [0.717, 1.165) is 48.3 Å². The third kappa shape index (κ3) is 3.97. The Morgan fingerprint density at radius 3 is 2.77 bits per heavy atom. The van der Waals surface area contributed by atoms with E-state index in [4.69, 9.17) is 9.47 Å². The predicted octanol–water partition coefficient (Wildman–Crippen LogP) is 2.30. The molecule has 3 rings (SSSR count). The number of aliphatic hydroxyl groups is 1. The highest BCUT2D eigenvalue weighted by atomic mass is 32.1. The molecule has 0 radical (unpaired) electrons. The second kappa shape index (κ2) is 7.09. The fraction of sp³-hybridized carbons (Fsp3) is 0.438. The van der Waals surface area contributed by atoms with Gasteiger partial charge in [0.1, 0.15) is 23.1 Å². The zero-order valence-electron chi connectivity index (χ0n) is 12.6. The molecule has 6 heteroatoms. The van der Waals surface area contributed by atoms with Crippen LogP contribution in [0.2, 0.25) is 0 Å². The number of likely N-dealkylation sites (tertiary alicyclic amines) is 1. The summed E-state index contributed by atoms with van der Waals surface area (Å²) in [4.78, 5) is 6.82. The Hall–Kier alpha value is -1.63. The maximum absolute atomic E-state index is 9.54. The zero-order chi connectivity index (χ0) is 15.4. The minimum atomic E-state index is -0.184. The van der Waals surface area contributed by atoms with Gasteiger partial charge in [0.25, 0.3) is 0 Å². The highest BCUT2D eigenvalue weighted by molar-refractivity contribution is 7.09. The maximum atomic E-state index is 9.54. The normalized spacial score (nSPS) is 18.5. The maximum Gasteiger partial charge on any atom is 0.140 e. The zero-order valence-corrected chi connectivity index (χ0v) is 13.4. The summed E-state index contributed by atoms with van der Waals surface area (Å²) in [7, 11) is 1.65. The van der Waals surface area contributed by atoms with Crippen LogP contribution in [0.5, 0.6) is 11.5 Å². The van der Waals surface area contributed by atoms with Gasteiger partial charge in [0.2, 0.25) is 0 Å². The Labute approximate surface area is 134 Å². The van der Waals surface area contributed by atoms with E-state index in [1.807, 2.05) is 24.3 Å². The van der Waals surface area contributed by atoms with Gasteiger partial charge >= 0.3 is 0 Å². The first-order valence-electron chi connectivity index (χ1n) is 7.33. The third-order valence-electron chi connectivity index (χ3n) is 3.65. The molecule has 0 unspecified atom stereocenters. The first-order valence-corrected chi connectivity index (χ1v) is 8.21. The molecule has 0 amide bonds. The summed E-state index contributed by atoms with van der Waals surface area (Å²) >= 11 is 1.61. The summed E-state index contributed by atoms with van der Waals surface area (Å²) in [6.45, 7) is 2.96. The molecule has 0 bridgehead atoms. The summed E-state index contributed by atoms with van der Waals surface area (Å²) in [5, 5.41) is 12.6. The molecular weight excluding hydrogens is 300 g/mol. The van der Waals surface area contributed by atoms with Gasteiger partial charge in [-0.25, -0.2) is 4.98 Å². The lowest BCUT2D eigenvalue weighted by molar-refractivity contribution is 0.174. The van der Waals surface area contributed by atoms with Crippen LogP contribution in [0.1, 0.15) is 17.1 Å². The van der Waals surface area contributed by atoms with Crippen LogP contribution in [0.25, 0.3) is 0 Å². The molecule has 1 aliphatic rings. The number of aliphatic hydroxyl groups excluding tert-OH is 1. The minimum absolute atomic E-state index is 0.184. The van der Waals surface area contributed by atoms with Crippen molar-refractivity contribution < 1.29 is 14.6 Å². The molecule has 1 fully saturated rings. The molecule has 1 atom stereocenters. The number of rotatable bonds is 6. The lowest BCUT2D eigenvalue weighted by Crippen LogP contribution is -2.21.